The Hall–Kier alpha value is -1.38. The van der Waals surface area contributed by atoms with Crippen molar-refractivity contribution in [2.75, 3.05) is 32.3 Å². The van der Waals surface area contributed by atoms with Crippen LogP contribution in [0.4, 0.5) is 5.13 Å². The first kappa shape index (κ1) is 23.9. The molecule has 14 heteroatoms. The number of aromatic nitrogens is 1. The van der Waals surface area contributed by atoms with E-state index in [-0.39, 0.29) is 69.4 Å². The van der Waals surface area contributed by atoms with Crippen LogP contribution < -0.4 is 11.1 Å². The molecule has 0 saturated carbocycles. The van der Waals surface area contributed by atoms with Crippen molar-refractivity contribution in [2.45, 2.75) is 11.4 Å². The smallest absolute Gasteiger partial charge is 1.00 e. The molecule has 11 nitrogen and oxygen atoms in total. The van der Waals surface area contributed by atoms with Crippen LogP contribution in [0.15, 0.2) is 21.8 Å². The molecule has 3 rings (SSSR count). The van der Waals surface area contributed by atoms with Gasteiger partial charge in [0.25, 0.3) is 11.8 Å². The van der Waals surface area contributed by atoms with Gasteiger partial charge in [0.15, 0.2) is 10.8 Å². The second-order valence-corrected chi connectivity index (χ2v) is 7.74. The second kappa shape index (κ2) is 10.1. The maximum atomic E-state index is 12.6. The number of carboxylic acids is 1. The average Bonchev–Trinajstić information content (AvgIpc) is 3.09. The summed E-state index contributed by atoms with van der Waals surface area (Å²) in [5.41, 5.74) is 6.09. The zero-order chi connectivity index (χ0) is 20.4. The number of anilines is 1. The van der Waals surface area contributed by atoms with Gasteiger partial charge in [-0.3, -0.25) is 14.5 Å². The number of rotatable bonds is 7. The quantitative estimate of drug-likeness (QED) is 0.203. The van der Waals surface area contributed by atoms with Crippen LogP contribution in [0.5, 0.6) is 0 Å². The van der Waals surface area contributed by atoms with Gasteiger partial charge in [-0.15, -0.1) is 23.1 Å². The summed E-state index contributed by atoms with van der Waals surface area (Å²) in [6, 6.07) is -0.894. The van der Waals surface area contributed by atoms with Crippen LogP contribution in [-0.2, 0) is 24.0 Å². The van der Waals surface area contributed by atoms with Gasteiger partial charge in [0, 0.05) is 18.2 Å². The van der Waals surface area contributed by atoms with Crippen LogP contribution in [0, 0.1) is 0 Å². The number of aliphatic carboxylic acids is 1. The van der Waals surface area contributed by atoms with Gasteiger partial charge in [0.2, 0.25) is 0 Å². The number of nitrogen functional groups attached to an aromatic ring is 1. The van der Waals surface area contributed by atoms with Crippen LogP contribution >= 0.6 is 23.1 Å². The number of hydrogen-bond acceptors (Lipinski definition) is 10. The maximum absolute atomic E-state index is 12.6. The fourth-order valence-corrected chi connectivity index (χ4v) is 4.75. The van der Waals surface area contributed by atoms with Gasteiger partial charge in [-0.05, 0) is 5.57 Å². The molecule has 0 bridgehead atoms. The fraction of sp³-hybridized carbons (Fsp3) is 0.400. The molecule has 29 heavy (non-hydrogen) atoms. The normalized spacial score (nSPS) is 21.1. The topological polar surface area (TPSA) is 156 Å². The third kappa shape index (κ3) is 4.70. The molecule has 3 heterocycles. The molecule has 0 aromatic carbocycles. The first-order valence-electron chi connectivity index (χ1n) is 7.91. The SMILES string of the molecule is COCC1=C(C(=O)O)N2C(=O)[C@@H](NC(=O)/C(=N\OC)c3csc(N)n3)[C@H]2SC1.[Ca+2].[H-].[H-]. The first-order chi connectivity index (χ1) is 13.4. The predicted molar refractivity (Wildman–Crippen MR) is 110 cm³/mol. The van der Waals surface area contributed by atoms with Crippen molar-refractivity contribution in [3.8, 4) is 0 Å². The van der Waals surface area contributed by atoms with E-state index < -0.39 is 29.2 Å². The van der Waals surface area contributed by atoms with Crippen LogP contribution in [0.3, 0.4) is 0 Å². The Morgan fingerprint density at radius 1 is 1.52 bits per heavy atom. The zero-order valence-electron chi connectivity index (χ0n) is 17.6. The van der Waals surface area contributed by atoms with E-state index in [2.05, 4.69) is 15.5 Å². The van der Waals surface area contributed by atoms with Crippen molar-refractivity contribution in [3.05, 3.63) is 22.3 Å². The Morgan fingerprint density at radius 2 is 2.24 bits per heavy atom. The minimum Gasteiger partial charge on any atom is -1.00 e. The molecular weight excluding hydrogens is 450 g/mol. The second-order valence-electron chi connectivity index (χ2n) is 5.74. The molecule has 154 valence electrons. The molecule has 1 aromatic heterocycles. The molecule has 4 N–H and O–H groups in total. The van der Waals surface area contributed by atoms with Gasteiger partial charge in [0.1, 0.15) is 29.9 Å². The van der Waals surface area contributed by atoms with Crippen molar-refractivity contribution in [3.63, 3.8) is 0 Å². The van der Waals surface area contributed by atoms with E-state index in [1.54, 1.807) is 5.38 Å². The number of carboxylic acid groups (broad SMARTS) is 1. The maximum Gasteiger partial charge on any atom is 2.00 e. The van der Waals surface area contributed by atoms with E-state index in [0.717, 1.165) is 11.3 Å². The van der Waals surface area contributed by atoms with Gasteiger partial charge in [-0.2, -0.15) is 0 Å². The average molecular weight is 470 g/mol. The summed E-state index contributed by atoms with van der Waals surface area (Å²) in [6.07, 6.45) is 0. The summed E-state index contributed by atoms with van der Waals surface area (Å²) < 4.78 is 5.02. The Bertz CT molecular complexity index is 899. The minimum atomic E-state index is -1.21. The summed E-state index contributed by atoms with van der Waals surface area (Å²) in [6.45, 7) is 0.109. The number of carbonyl (C=O) groups is 3. The van der Waals surface area contributed by atoms with Gasteiger partial charge < -0.3 is 28.6 Å². The molecule has 2 atom stereocenters. The summed E-state index contributed by atoms with van der Waals surface area (Å²) in [7, 11) is 2.73. The largest absolute Gasteiger partial charge is 2.00 e. The van der Waals surface area contributed by atoms with Gasteiger partial charge in [0.05, 0.1) is 6.61 Å². The van der Waals surface area contributed by atoms with E-state index in [4.69, 9.17) is 15.3 Å². The number of thioether (sulfide) groups is 1. The van der Waals surface area contributed by atoms with Crippen LogP contribution in [0.25, 0.3) is 0 Å². The van der Waals surface area contributed by atoms with E-state index in [1.807, 2.05) is 0 Å². The third-order valence-electron chi connectivity index (χ3n) is 4.02. The number of β-lactam (4-membered cyclic amide) rings is 1. The summed E-state index contributed by atoms with van der Waals surface area (Å²) in [4.78, 5) is 46.7. The number of oxime groups is 1. The van der Waals surface area contributed by atoms with E-state index >= 15 is 0 Å². The van der Waals surface area contributed by atoms with E-state index in [0.29, 0.717) is 11.3 Å². The molecule has 2 amide bonds. The van der Waals surface area contributed by atoms with E-state index in [9.17, 15) is 19.5 Å². The monoisotopic (exact) mass is 469 g/mol. The first-order valence-corrected chi connectivity index (χ1v) is 9.84. The van der Waals surface area contributed by atoms with Crippen LogP contribution in [0.1, 0.15) is 8.55 Å². The van der Waals surface area contributed by atoms with Gasteiger partial charge in [-0.25, -0.2) is 9.78 Å². The Morgan fingerprint density at radius 3 is 2.79 bits per heavy atom. The van der Waals surface area contributed by atoms with Crippen molar-refractivity contribution < 1.29 is 31.9 Å². The molecule has 0 spiro atoms. The molecule has 1 fully saturated rings. The fourth-order valence-electron chi connectivity index (χ4n) is 2.87. The van der Waals surface area contributed by atoms with Crippen molar-refractivity contribution in [1.29, 1.82) is 0 Å². The summed E-state index contributed by atoms with van der Waals surface area (Å²) in [5, 5.41) is 17.0. The number of nitrogens with zero attached hydrogens (tertiary/aromatic N) is 3. The number of nitrogens with one attached hydrogen (secondary N) is 1. The Balaban J connectivity index is 0.00000300. The molecule has 0 aliphatic carbocycles. The predicted octanol–water partition coefficient (Wildman–Crippen LogP) is -0.695. The molecule has 0 radical (unpaired) electrons. The minimum absolute atomic E-state index is 0. The number of hydrogen-bond donors (Lipinski definition) is 3. The number of thiazole rings is 1. The molecule has 1 saturated heterocycles. The van der Waals surface area contributed by atoms with Crippen molar-refractivity contribution in [2.24, 2.45) is 5.16 Å². The molecule has 0 unspecified atom stereocenters. The number of nitrogens with two attached hydrogens (primary N) is 1. The van der Waals surface area contributed by atoms with Crippen molar-refractivity contribution >= 4 is 89.5 Å². The van der Waals surface area contributed by atoms with E-state index in [1.165, 1.54) is 30.9 Å². The third-order valence-corrected chi connectivity index (χ3v) is 6.03. The zero-order valence-corrected chi connectivity index (χ0v) is 19.4. The number of fused-ring (bicyclic) bond motifs is 1. The number of carbonyl (C=O) groups excluding carboxylic acids is 2. The summed E-state index contributed by atoms with van der Waals surface area (Å²) in [5.74, 6) is -2.03. The van der Waals surface area contributed by atoms with Crippen LogP contribution in [0.2, 0.25) is 0 Å². The Kier molecular flexibility index (Phi) is 8.31. The van der Waals surface area contributed by atoms with Crippen LogP contribution in [-0.4, -0.2) is 114 Å². The van der Waals surface area contributed by atoms with Gasteiger partial charge in [-0.1, -0.05) is 5.16 Å². The molecule has 2 aliphatic rings. The molecule has 2 aliphatic heterocycles. The van der Waals surface area contributed by atoms with Gasteiger partial charge >= 0.3 is 43.7 Å². The van der Waals surface area contributed by atoms with Crippen molar-refractivity contribution in [1.82, 2.24) is 15.2 Å². The number of amides is 2. The standard InChI is InChI=1S/C15H17N5O6S2.Ca.2H/c1-25-3-6-4-27-13-9(12(22)20(13)10(6)14(23)24)18-11(21)8(19-26-2)7-5-28-15(16)17-7;;;/h5,9,13H,3-4H2,1-2H3,(H2,16,17)(H,18,21)(H,23,24);;;/q;+2;2*-1/b19-8-;;;/t9-,13-;;;/m1.../s1. The number of ether oxygens (including phenoxy) is 1. The molecule has 1 aromatic rings. The Labute approximate surface area is 206 Å². The summed E-state index contributed by atoms with van der Waals surface area (Å²) >= 11 is 2.47. The molecular formula is C15H19CaN5O6S2. The number of methoxy groups -OCH3 is 1.